The van der Waals surface area contributed by atoms with Crippen LogP contribution < -0.4 is 10.1 Å². The van der Waals surface area contributed by atoms with Gasteiger partial charge in [-0.3, -0.25) is 0 Å². The number of nitrogens with one attached hydrogen (secondary N) is 1. The van der Waals surface area contributed by atoms with Crippen molar-refractivity contribution < 1.29 is 4.74 Å². The number of aromatic nitrogens is 2. The number of hydrogen-bond donors (Lipinski definition) is 1. The first-order valence-electron chi connectivity index (χ1n) is 7.14. The lowest BCUT2D eigenvalue weighted by molar-refractivity contribution is 0.415. The van der Waals surface area contributed by atoms with Gasteiger partial charge in [0.1, 0.15) is 11.6 Å². The molecule has 0 atom stereocenters. The second-order valence-corrected chi connectivity index (χ2v) is 5.75. The summed E-state index contributed by atoms with van der Waals surface area (Å²) in [5.74, 6) is 2.47. The molecule has 4 nitrogen and oxygen atoms in total. The summed E-state index contributed by atoms with van der Waals surface area (Å²) in [4.78, 5) is 9.40. The molecule has 2 rings (SSSR count). The Morgan fingerprint density at radius 1 is 1.24 bits per heavy atom. The molecule has 1 aromatic carbocycles. The molecule has 0 unspecified atom stereocenters. The summed E-state index contributed by atoms with van der Waals surface area (Å²) < 4.78 is 6.40. The van der Waals surface area contributed by atoms with Crippen LogP contribution in [0.5, 0.6) is 5.75 Å². The molecule has 0 saturated carbocycles. The summed E-state index contributed by atoms with van der Waals surface area (Å²) in [7, 11) is 1.67. The van der Waals surface area contributed by atoms with E-state index in [0.717, 1.165) is 51.6 Å². The molecule has 2 aromatic rings. The minimum Gasteiger partial charge on any atom is -0.497 e. The predicted octanol–water partition coefficient (Wildman–Crippen LogP) is 4.14. The molecule has 1 aromatic heterocycles. The van der Waals surface area contributed by atoms with Gasteiger partial charge in [-0.15, -0.1) is 0 Å². The van der Waals surface area contributed by atoms with Crippen molar-refractivity contribution in [2.75, 3.05) is 19.0 Å². The Kier molecular flexibility index (Phi) is 5.78. The van der Waals surface area contributed by atoms with E-state index in [2.05, 4.69) is 46.7 Å². The van der Waals surface area contributed by atoms with Crippen LogP contribution in [-0.4, -0.2) is 23.6 Å². The van der Waals surface area contributed by atoms with Gasteiger partial charge in [0.05, 0.1) is 16.4 Å². The lowest BCUT2D eigenvalue weighted by Crippen LogP contribution is -2.08. The number of ether oxygens (including phenoxy) is 1. The molecule has 112 valence electrons. The molecule has 0 aliphatic rings. The van der Waals surface area contributed by atoms with E-state index < -0.39 is 0 Å². The molecule has 21 heavy (non-hydrogen) atoms. The predicted molar refractivity (Wildman–Crippen MR) is 94.9 cm³/mol. The Bertz CT molecular complexity index is 589. The molecule has 0 spiro atoms. The smallest absolute Gasteiger partial charge is 0.161 e. The highest BCUT2D eigenvalue weighted by atomic mass is 127. The summed E-state index contributed by atoms with van der Waals surface area (Å²) in [6.45, 7) is 5.08. The molecule has 0 aliphatic heterocycles. The van der Waals surface area contributed by atoms with E-state index in [9.17, 15) is 0 Å². The van der Waals surface area contributed by atoms with Crippen molar-refractivity contribution in [3.63, 3.8) is 0 Å². The Balaban J connectivity index is 2.51. The summed E-state index contributed by atoms with van der Waals surface area (Å²) >= 11 is 2.33. The highest BCUT2D eigenvalue weighted by molar-refractivity contribution is 14.1. The second-order valence-electron chi connectivity index (χ2n) is 4.67. The van der Waals surface area contributed by atoms with Crippen molar-refractivity contribution in [3.05, 3.63) is 33.5 Å². The van der Waals surface area contributed by atoms with Crippen molar-refractivity contribution in [1.82, 2.24) is 9.97 Å². The van der Waals surface area contributed by atoms with Gasteiger partial charge in [0.15, 0.2) is 5.82 Å². The molecule has 0 fully saturated rings. The van der Waals surface area contributed by atoms with E-state index in [1.807, 2.05) is 24.3 Å². The van der Waals surface area contributed by atoms with Crippen LogP contribution in [0, 0.1) is 3.57 Å². The molecule has 5 heteroatoms. The molecular formula is C16H20IN3O. The van der Waals surface area contributed by atoms with Crippen molar-refractivity contribution in [1.29, 1.82) is 0 Å². The highest BCUT2D eigenvalue weighted by Gasteiger charge is 2.13. The molecule has 0 amide bonds. The first-order chi connectivity index (χ1) is 10.2. The highest BCUT2D eigenvalue weighted by Crippen LogP contribution is 2.26. The number of anilines is 1. The van der Waals surface area contributed by atoms with E-state index in [0.29, 0.717) is 0 Å². The molecule has 1 N–H and O–H groups in total. The largest absolute Gasteiger partial charge is 0.497 e. The summed E-state index contributed by atoms with van der Waals surface area (Å²) in [5.41, 5.74) is 2.07. The first-order valence-corrected chi connectivity index (χ1v) is 8.22. The Labute approximate surface area is 139 Å². The van der Waals surface area contributed by atoms with Crippen LogP contribution in [0.4, 0.5) is 5.82 Å². The van der Waals surface area contributed by atoms with E-state index in [-0.39, 0.29) is 0 Å². The number of aryl methyl sites for hydroxylation is 1. The van der Waals surface area contributed by atoms with E-state index in [1.54, 1.807) is 7.11 Å². The SMILES string of the molecule is CCCc1nc(-c2cccc(OC)c2)nc(NCC)c1I. The molecular weight excluding hydrogens is 377 g/mol. The number of benzene rings is 1. The van der Waals surface area contributed by atoms with Gasteiger partial charge in [0.2, 0.25) is 0 Å². The normalized spacial score (nSPS) is 10.5. The number of halogens is 1. The van der Waals surface area contributed by atoms with Crippen LogP contribution >= 0.6 is 22.6 Å². The lowest BCUT2D eigenvalue weighted by atomic mass is 10.2. The summed E-state index contributed by atoms with van der Waals surface area (Å²) in [6.07, 6.45) is 2.02. The number of rotatable bonds is 6. The van der Waals surface area contributed by atoms with Gasteiger partial charge in [-0.1, -0.05) is 25.5 Å². The topological polar surface area (TPSA) is 47.0 Å². The quantitative estimate of drug-likeness (QED) is 0.745. The van der Waals surface area contributed by atoms with E-state index >= 15 is 0 Å². The molecule has 1 heterocycles. The standard InChI is InChI=1S/C16H20IN3O/c1-4-7-13-14(17)16(18-5-2)20-15(19-13)11-8-6-9-12(10-11)21-3/h6,8-10H,4-5,7H2,1-3H3,(H,18,19,20). The number of hydrogen-bond acceptors (Lipinski definition) is 4. The minimum atomic E-state index is 0.744. The number of nitrogens with zero attached hydrogens (tertiary/aromatic N) is 2. The van der Waals surface area contributed by atoms with Gasteiger partial charge in [-0.25, -0.2) is 9.97 Å². The maximum Gasteiger partial charge on any atom is 0.161 e. The fraction of sp³-hybridized carbons (Fsp3) is 0.375. The fourth-order valence-corrected chi connectivity index (χ4v) is 2.77. The van der Waals surface area contributed by atoms with Crippen molar-refractivity contribution in [2.24, 2.45) is 0 Å². The van der Waals surface area contributed by atoms with Crippen molar-refractivity contribution in [2.45, 2.75) is 26.7 Å². The van der Waals surface area contributed by atoms with Gasteiger partial charge < -0.3 is 10.1 Å². The third-order valence-electron chi connectivity index (χ3n) is 3.08. The summed E-state index contributed by atoms with van der Waals surface area (Å²) in [5, 5.41) is 3.32. The second kappa shape index (κ2) is 7.59. The van der Waals surface area contributed by atoms with Gasteiger partial charge in [-0.05, 0) is 48.1 Å². The first kappa shape index (κ1) is 16.0. The van der Waals surface area contributed by atoms with Crippen LogP contribution in [0.25, 0.3) is 11.4 Å². The monoisotopic (exact) mass is 397 g/mol. The van der Waals surface area contributed by atoms with Gasteiger partial charge in [-0.2, -0.15) is 0 Å². The summed E-state index contributed by atoms with van der Waals surface area (Å²) in [6, 6.07) is 7.86. The van der Waals surface area contributed by atoms with Crippen LogP contribution in [0.2, 0.25) is 0 Å². The Hall–Kier alpha value is -1.37. The Morgan fingerprint density at radius 2 is 2.05 bits per heavy atom. The molecule has 0 bridgehead atoms. The Morgan fingerprint density at radius 3 is 2.71 bits per heavy atom. The number of methoxy groups -OCH3 is 1. The van der Waals surface area contributed by atoms with Crippen molar-refractivity contribution in [3.8, 4) is 17.1 Å². The van der Waals surface area contributed by atoms with E-state index in [4.69, 9.17) is 9.72 Å². The van der Waals surface area contributed by atoms with Crippen LogP contribution in [0.1, 0.15) is 26.0 Å². The molecule has 0 radical (unpaired) electrons. The zero-order chi connectivity index (χ0) is 15.2. The molecule has 0 saturated heterocycles. The average molecular weight is 397 g/mol. The van der Waals surface area contributed by atoms with Crippen molar-refractivity contribution >= 4 is 28.4 Å². The van der Waals surface area contributed by atoms with E-state index in [1.165, 1.54) is 0 Å². The third kappa shape index (κ3) is 3.84. The average Bonchev–Trinajstić information content (AvgIpc) is 2.51. The minimum absolute atomic E-state index is 0.744. The lowest BCUT2D eigenvalue weighted by Gasteiger charge is -2.12. The van der Waals surface area contributed by atoms with Gasteiger partial charge >= 0.3 is 0 Å². The van der Waals surface area contributed by atoms with Gasteiger partial charge in [0.25, 0.3) is 0 Å². The van der Waals surface area contributed by atoms with Gasteiger partial charge in [0, 0.05) is 12.1 Å². The zero-order valence-corrected chi connectivity index (χ0v) is 14.8. The van der Waals surface area contributed by atoms with Crippen LogP contribution in [0.3, 0.4) is 0 Å². The zero-order valence-electron chi connectivity index (χ0n) is 12.6. The third-order valence-corrected chi connectivity index (χ3v) is 4.21. The maximum atomic E-state index is 5.28. The van der Waals surface area contributed by atoms with Crippen LogP contribution in [-0.2, 0) is 6.42 Å². The fourth-order valence-electron chi connectivity index (χ4n) is 2.07. The maximum absolute atomic E-state index is 5.28. The van der Waals surface area contributed by atoms with Crippen LogP contribution in [0.15, 0.2) is 24.3 Å². The molecule has 0 aliphatic carbocycles.